The third-order valence-corrected chi connectivity index (χ3v) is 6.74. The first-order valence-electron chi connectivity index (χ1n) is 11.0. The van der Waals surface area contributed by atoms with Crippen LogP contribution in [0.25, 0.3) is 10.9 Å². The molecule has 2 aromatic rings. The van der Waals surface area contributed by atoms with Gasteiger partial charge in [-0.3, -0.25) is 4.79 Å². The van der Waals surface area contributed by atoms with Crippen LogP contribution in [0.5, 0.6) is 5.75 Å². The van der Waals surface area contributed by atoms with Crippen molar-refractivity contribution >= 4 is 28.4 Å². The van der Waals surface area contributed by atoms with Gasteiger partial charge in [0.25, 0.3) is 0 Å². The Kier molecular flexibility index (Phi) is 4.99. The first-order chi connectivity index (χ1) is 15.3. The van der Waals surface area contributed by atoms with Crippen LogP contribution in [0.1, 0.15) is 37.3 Å². The fourth-order valence-corrected chi connectivity index (χ4v) is 4.82. The van der Waals surface area contributed by atoms with Gasteiger partial charge in [0.2, 0.25) is 5.43 Å². The number of fused-ring (bicyclic) bond motifs is 1. The number of carbonyl (C=O) groups is 1. The quantitative estimate of drug-likeness (QED) is 0.460. The van der Waals surface area contributed by atoms with E-state index in [1.54, 1.807) is 6.92 Å². The summed E-state index contributed by atoms with van der Waals surface area (Å²) >= 11 is 0. The van der Waals surface area contributed by atoms with Crippen LogP contribution >= 0.6 is 0 Å². The molecule has 3 atom stereocenters. The number of nitrogens with two attached hydrogens (primary N) is 1. The second kappa shape index (κ2) is 7.61. The van der Waals surface area contributed by atoms with Crippen LogP contribution in [0.2, 0.25) is 0 Å². The highest BCUT2D eigenvalue weighted by Gasteiger charge is 2.41. The molecule has 0 bridgehead atoms. The zero-order valence-electron chi connectivity index (χ0n) is 17.7. The molecule has 3 fully saturated rings. The molecule has 172 valence electrons. The highest BCUT2D eigenvalue weighted by molar-refractivity contribution is 5.98. The van der Waals surface area contributed by atoms with Crippen molar-refractivity contribution in [3.8, 4) is 5.75 Å². The molecule has 8 nitrogen and oxygen atoms in total. The molecule has 1 aliphatic heterocycles. The van der Waals surface area contributed by atoms with Gasteiger partial charge >= 0.3 is 6.16 Å². The number of halogens is 2. The fraction of sp³-hybridized carbons (Fsp3) is 0.545. The molecule has 1 aromatic heterocycles. The number of ether oxygens (including phenoxy) is 1. The Hall–Kier alpha value is -2.88. The normalized spacial score (nSPS) is 24.8. The average Bonchev–Trinajstić information content (AvgIpc) is 3.65. The molecule has 0 unspecified atom stereocenters. The lowest BCUT2D eigenvalue weighted by Crippen LogP contribution is -2.29. The molecule has 4 N–H and O–H groups in total. The van der Waals surface area contributed by atoms with E-state index in [-0.39, 0.29) is 17.5 Å². The minimum atomic E-state index is -1.68. The molecular formula is C22H26F2N4O4. The first-order valence-corrected chi connectivity index (χ1v) is 11.0. The molecule has 5 rings (SSSR count). The molecule has 2 heterocycles. The van der Waals surface area contributed by atoms with Gasteiger partial charge in [0.15, 0.2) is 11.6 Å². The van der Waals surface area contributed by atoms with Crippen LogP contribution in [-0.2, 0) is 0 Å². The molecule has 2 aliphatic carbocycles. The van der Waals surface area contributed by atoms with Gasteiger partial charge in [-0.05, 0) is 44.2 Å². The summed E-state index contributed by atoms with van der Waals surface area (Å²) in [7, 11) is 0. The first kappa shape index (κ1) is 21.0. The van der Waals surface area contributed by atoms with E-state index in [1.807, 2.05) is 4.90 Å². The molecule has 0 radical (unpaired) electrons. The van der Waals surface area contributed by atoms with Crippen LogP contribution < -0.4 is 26.1 Å². The van der Waals surface area contributed by atoms with Crippen LogP contribution in [0.4, 0.5) is 25.0 Å². The number of nitrogens with one attached hydrogen (secondary N) is 1. The average molecular weight is 448 g/mol. The van der Waals surface area contributed by atoms with E-state index in [0.29, 0.717) is 41.8 Å². The summed E-state index contributed by atoms with van der Waals surface area (Å²) in [5.74, 6) is -0.859. The number of aromatic nitrogens is 1. The van der Waals surface area contributed by atoms with Crippen molar-refractivity contribution in [2.24, 2.45) is 5.92 Å². The molecule has 10 heteroatoms. The lowest BCUT2D eigenvalue weighted by molar-refractivity contribution is 0.143. The minimum absolute atomic E-state index is 0.173. The van der Waals surface area contributed by atoms with E-state index in [4.69, 9.17) is 10.8 Å². The maximum absolute atomic E-state index is 15.5. The molecular weight excluding hydrogens is 422 g/mol. The van der Waals surface area contributed by atoms with Crippen molar-refractivity contribution in [1.29, 1.82) is 0 Å². The van der Waals surface area contributed by atoms with Gasteiger partial charge in [-0.2, -0.15) is 0 Å². The summed E-state index contributed by atoms with van der Waals surface area (Å²) < 4.78 is 35.6. The summed E-state index contributed by atoms with van der Waals surface area (Å²) in [4.78, 5) is 25.9. The third kappa shape index (κ3) is 3.56. The Morgan fingerprint density at radius 2 is 2.09 bits per heavy atom. The molecule has 3 aliphatic rings. The predicted octanol–water partition coefficient (Wildman–Crippen LogP) is 2.95. The largest absolute Gasteiger partial charge is 0.511 e. The number of hydrogen-bond acceptors (Lipinski definition) is 6. The number of aryl methyl sites for hydroxylation is 1. The van der Waals surface area contributed by atoms with Gasteiger partial charge in [0.05, 0.1) is 34.5 Å². The van der Waals surface area contributed by atoms with Gasteiger partial charge in [0.1, 0.15) is 6.17 Å². The standard InChI is InChI=1S/C22H26F2N4O4/c1-10-19-16(21(29)15(32-22(30)31)9-28(19)14-6-13(14)23)18(25)17(24)20(10)27-5-4-11(8-27)7-26-12-2-3-12/h9,11-14,26H,2-8,25H2,1H3,(H,30,31)/t11-,13+,14-/m1/s1. The number of benzene rings is 1. The number of nitrogens with zero attached hydrogens (tertiary/aromatic N) is 2. The van der Waals surface area contributed by atoms with Crippen LogP contribution in [-0.4, -0.2) is 47.7 Å². The minimum Gasteiger partial charge on any atom is -0.449 e. The van der Waals surface area contributed by atoms with Gasteiger partial charge < -0.3 is 30.4 Å². The van der Waals surface area contributed by atoms with Crippen molar-refractivity contribution in [3.05, 3.63) is 27.8 Å². The monoisotopic (exact) mass is 448 g/mol. The van der Waals surface area contributed by atoms with E-state index < -0.39 is 35.4 Å². The Bertz CT molecular complexity index is 1160. The Balaban J connectivity index is 1.61. The van der Waals surface area contributed by atoms with Crippen molar-refractivity contribution in [2.45, 2.75) is 50.9 Å². The van der Waals surface area contributed by atoms with Gasteiger partial charge in [-0.1, -0.05) is 0 Å². The van der Waals surface area contributed by atoms with E-state index in [1.165, 1.54) is 23.6 Å². The number of pyridine rings is 1. The number of hydrogen-bond donors (Lipinski definition) is 3. The molecule has 1 aromatic carbocycles. The molecule has 0 amide bonds. The van der Waals surface area contributed by atoms with Crippen LogP contribution in [0, 0.1) is 18.7 Å². The van der Waals surface area contributed by atoms with E-state index in [0.717, 1.165) is 13.0 Å². The molecule has 1 saturated heterocycles. The number of anilines is 2. The van der Waals surface area contributed by atoms with Crippen molar-refractivity contribution in [3.63, 3.8) is 0 Å². The van der Waals surface area contributed by atoms with Crippen molar-refractivity contribution < 1.29 is 23.4 Å². The van der Waals surface area contributed by atoms with E-state index >= 15 is 4.39 Å². The maximum atomic E-state index is 15.5. The Morgan fingerprint density at radius 3 is 2.72 bits per heavy atom. The van der Waals surface area contributed by atoms with Gasteiger partial charge in [0, 0.05) is 25.6 Å². The summed E-state index contributed by atoms with van der Waals surface area (Å²) in [6.45, 7) is 3.87. The second-order valence-corrected chi connectivity index (χ2v) is 9.12. The predicted molar refractivity (Wildman–Crippen MR) is 116 cm³/mol. The lowest BCUT2D eigenvalue weighted by Gasteiger charge is -2.25. The van der Waals surface area contributed by atoms with E-state index in [9.17, 15) is 14.0 Å². The SMILES string of the molecule is Cc1c(N2CC[C@H](CNC3CC3)C2)c(F)c(N)c2c(=O)c(OC(=O)O)cn([C@@H]3C[C@@H]3F)c12. The van der Waals surface area contributed by atoms with Crippen molar-refractivity contribution in [1.82, 2.24) is 9.88 Å². The summed E-state index contributed by atoms with van der Waals surface area (Å²) in [5, 5.41) is 12.3. The smallest absolute Gasteiger partial charge is 0.449 e. The number of carboxylic acid groups (broad SMARTS) is 1. The second-order valence-electron chi connectivity index (χ2n) is 9.12. The van der Waals surface area contributed by atoms with Crippen LogP contribution in [0.3, 0.4) is 0 Å². The fourth-order valence-electron chi connectivity index (χ4n) is 4.82. The third-order valence-electron chi connectivity index (χ3n) is 6.74. The Labute approximate surface area is 182 Å². The van der Waals surface area contributed by atoms with Crippen molar-refractivity contribution in [2.75, 3.05) is 30.3 Å². The van der Waals surface area contributed by atoms with Crippen LogP contribution in [0.15, 0.2) is 11.0 Å². The highest BCUT2D eigenvalue weighted by Crippen LogP contribution is 2.45. The maximum Gasteiger partial charge on any atom is 0.511 e. The number of nitrogen functional groups attached to an aromatic ring is 1. The molecule has 32 heavy (non-hydrogen) atoms. The molecule has 0 spiro atoms. The summed E-state index contributed by atoms with van der Waals surface area (Å²) in [6.07, 6.45) is 1.90. The summed E-state index contributed by atoms with van der Waals surface area (Å²) in [6, 6.07) is 0.0161. The zero-order valence-corrected chi connectivity index (χ0v) is 17.7. The Morgan fingerprint density at radius 1 is 1.38 bits per heavy atom. The topological polar surface area (TPSA) is 110 Å². The number of rotatable bonds is 6. The molecule has 2 saturated carbocycles. The van der Waals surface area contributed by atoms with E-state index in [2.05, 4.69) is 10.1 Å². The van der Waals surface area contributed by atoms with Gasteiger partial charge in [-0.25, -0.2) is 13.6 Å². The van der Waals surface area contributed by atoms with Gasteiger partial charge in [-0.15, -0.1) is 0 Å². The zero-order chi connectivity index (χ0) is 22.7. The summed E-state index contributed by atoms with van der Waals surface area (Å²) in [5.41, 5.74) is 6.03. The highest BCUT2D eigenvalue weighted by atomic mass is 19.1. The lowest BCUT2D eigenvalue weighted by atomic mass is 10.0. The number of alkyl halides is 1.